The van der Waals surface area contributed by atoms with Crippen LogP contribution in [0.15, 0.2) is 30.3 Å². The van der Waals surface area contributed by atoms with Gasteiger partial charge in [0.2, 0.25) is 0 Å². The van der Waals surface area contributed by atoms with Gasteiger partial charge in [0.25, 0.3) is 0 Å². The Morgan fingerprint density at radius 2 is 0.903 bits per heavy atom. The van der Waals surface area contributed by atoms with Crippen LogP contribution >= 0.6 is 0 Å². The van der Waals surface area contributed by atoms with E-state index in [1.165, 1.54) is 121 Å². The maximum absolute atomic E-state index is 12.0. The number of benzene rings is 1. The largest absolute Gasteiger partial charge is 0.300 e. The summed E-state index contributed by atoms with van der Waals surface area (Å²) in [6.07, 6.45) is 28.9. The van der Waals surface area contributed by atoms with E-state index >= 15 is 0 Å². The zero-order valence-electron chi connectivity index (χ0n) is 20.9. The molecule has 0 saturated carbocycles. The molecular formula is C30H52O. The molecule has 1 rings (SSSR count). The van der Waals surface area contributed by atoms with Crippen molar-refractivity contribution in [3.8, 4) is 0 Å². The van der Waals surface area contributed by atoms with Crippen molar-refractivity contribution >= 4 is 5.78 Å². The molecule has 0 spiro atoms. The summed E-state index contributed by atoms with van der Waals surface area (Å²) >= 11 is 0. The molecule has 0 aliphatic rings. The molecule has 1 heteroatoms. The van der Waals surface area contributed by atoms with Crippen molar-refractivity contribution in [1.82, 2.24) is 0 Å². The zero-order chi connectivity index (χ0) is 22.2. The Labute approximate surface area is 194 Å². The second kappa shape index (κ2) is 22.1. The SMILES string of the molecule is CCCCCCCCCCCCCCCCCCCCCC(=O)CCc1ccccc1. The lowest BCUT2D eigenvalue weighted by Crippen LogP contribution is -2.00. The van der Waals surface area contributed by atoms with E-state index in [2.05, 4.69) is 31.2 Å². The highest BCUT2D eigenvalue weighted by Gasteiger charge is 2.02. The number of carbonyl (C=O) groups excluding carboxylic acids is 1. The Hall–Kier alpha value is -1.11. The number of hydrogen-bond acceptors (Lipinski definition) is 1. The minimum absolute atomic E-state index is 0.441. The lowest BCUT2D eigenvalue weighted by atomic mass is 10.0. The first-order valence-corrected chi connectivity index (χ1v) is 13.9. The van der Waals surface area contributed by atoms with Crippen LogP contribution in [-0.2, 0) is 11.2 Å². The molecule has 0 aromatic heterocycles. The van der Waals surface area contributed by atoms with E-state index in [1.54, 1.807) is 0 Å². The average molecular weight is 429 g/mol. The van der Waals surface area contributed by atoms with E-state index in [-0.39, 0.29) is 0 Å². The van der Waals surface area contributed by atoms with E-state index in [1.807, 2.05) is 6.07 Å². The molecule has 0 amide bonds. The van der Waals surface area contributed by atoms with Gasteiger partial charge in [-0.3, -0.25) is 4.79 Å². The molecule has 1 aromatic rings. The minimum Gasteiger partial charge on any atom is -0.300 e. The van der Waals surface area contributed by atoms with E-state index in [0.29, 0.717) is 12.2 Å². The van der Waals surface area contributed by atoms with Gasteiger partial charge >= 0.3 is 0 Å². The molecule has 0 fully saturated rings. The highest BCUT2D eigenvalue weighted by Crippen LogP contribution is 2.15. The van der Waals surface area contributed by atoms with Crippen LogP contribution in [-0.4, -0.2) is 5.78 Å². The summed E-state index contributed by atoms with van der Waals surface area (Å²) in [7, 11) is 0. The van der Waals surface area contributed by atoms with Crippen LogP contribution in [0.2, 0.25) is 0 Å². The first-order chi connectivity index (χ1) is 15.3. The third kappa shape index (κ3) is 19.3. The number of ketones is 1. The topological polar surface area (TPSA) is 17.1 Å². The van der Waals surface area contributed by atoms with Crippen LogP contribution in [0.4, 0.5) is 0 Å². The predicted molar refractivity (Wildman–Crippen MR) is 138 cm³/mol. The standard InChI is InChI=1S/C30H52O/c1-2-3-4-5-6-7-8-9-10-11-12-13-14-15-16-17-18-19-23-26-30(31)28-27-29-24-21-20-22-25-29/h20-22,24-25H,2-19,23,26-28H2,1H3. The number of unbranched alkanes of at least 4 members (excludes halogenated alkanes) is 18. The number of rotatable bonds is 23. The van der Waals surface area contributed by atoms with E-state index in [4.69, 9.17) is 0 Å². The Morgan fingerprint density at radius 3 is 1.32 bits per heavy atom. The van der Waals surface area contributed by atoms with Crippen LogP contribution in [0.25, 0.3) is 0 Å². The average Bonchev–Trinajstić information content (AvgIpc) is 2.80. The Bertz CT molecular complexity index is 492. The lowest BCUT2D eigenvalue weighted by Gasteiger charge is -2.04. The monoisotopic (exact) mass is 428 g/mol. The van der Waals surface area contributed by atoms with Gasteiger partial charge in [0, 0.05) is 12.8 Å². The maximum Gasteiger partial charge on any atom is 0.133 e. The van der Waals surface area contributed by atoms with Crippen LogP contribution in [0.3, 0.4) is 0 Å². The van der Waals surface area contributed by atoms with Gasteiger partial charge in [-0.1, -0.05) is 153 Å². The highest BCUT2D eigenvalue weighted by atomic mass is 16.1. The first-order valence-electron chi connectivity index (χ1n) is 13.9. The predicted octanol–water partition coefficient (Wildman–Crippen LogP) is 10.0. The molecule has 0 saturated heterocycles. The van der Waals surface area contributed by atoms with Crippen molar-refractivity contribution in [1.29, 1.82) is 0 Å². The Balaban J connectivity index is 1.72. The maximum atomic E-state index is 12.0. The number of aryl methyl sites for hydroxylation is 1. The molecule has 0 atom stereocenters. The molecule has 0 N–H and O–H groups in total. The van der Waals surface area contributed by atoms with Gasteiger partial charge in [-0.05, 0) is 18.4 Å². The molecule has 0 aliphatic heterocycles. The summed E-state index contributed by atoms with van der Waals surface area (Å²) < 4.78 is 0. The summed E-state index contributed by atoms with van der Waals surface area (Å²) in [5, 5.41) is 0. The lowest BCUT2D eigenvalue weighted by molar-refractivity contribution is -0.119. The van der Waals surface area contributed by atoms with Crippen molar-refractivity contribution in [3.05, 3.63) is 35.9 Å². The van der Waals surface area contributed by atoms with Crippen molar-refractivity contribution in [2.75, 3.05) is 0 Å². The zero-order valence-corrected chi connectivity index (χ0v) is 20.9. The molecule has 0 radical (unpaired) electrons. The van der Waals surface area contributed by atoms with Crippen molar-refractivity contribution in [2.24, 2.45) is 0 Å². The normalized spacial score (nSPS) is 11.1. The summed E-state index contributed by atoms with van der Waals surface area (Å²) in [5.41, 5.74) is 1.28. The fraction of sp³-hybridized carbons (Fsp3) is 0.767. The molecule has 0 heterocycles. The summed E-state index contributed by atoms with van der Waals surface area (Å²) in [6, 6.07) is 10.4. The van der Waals surface area contributed by atoms with Crippen molar-refractivity contribution < 1.29 is 4.79 Å². The first kappa shape index (κ1) is 27.9. The van der Waals surface area contributed by atoms with Crippen molar-refractivity contribution in [2.45, 2.75) is 148 Å². The van der Waals surface area contributed by atoms with E-state index in [9.17, 15) is 4.79 Å². The molecule has 0 aliphatic carbocycles. The fourth-order valence-electron chi connectivity index (χ4n) is 4.45. The van der Waals surface area contributed by atoms with Crippen LogP contribution in [0.5, 0.6) is 0 Å². The molecular weight excluding hydrogens is 376 g/mol. The van der Waals surface area contributed by atoms with Crippen LogP contribution < -0.4 is 0 Å². The number of Topliss-reactive ketones (excluding diaryl/α,β-unsaturated/α-hetero) is 1. The molecule has 0 bridgehead atoms. The van der Waals surface area contributed by atoms with Gasteiger partial charge in [0.05, 0.1) is 0 Å². The molecule has 1 aromatic carbocycles. The van der Waals surface area contributed by atoms with Gasteiger partial charge in [-0.2, -0.15) is 0 Å². The highest BCUT2D eigenvalue weighted by molar-refractivity contribution is 5.78. The third-order valence-corrected chi connectivity index (χ3v) is 6.59. The summed E-state index contributed by atoms with van der Waals surface area (Å²) in [6.45, 7) is 2.29. The smallest absolute Gasteiger partial charge is 0.133 e. The Kier molecular flexibility index (Phi) is 19.9. The van der Waals surface area contributed by atoms with E-state index < -0.39 is 0 Å². The van der Waals surface area contributed by atoms with Gasteiger partial charge in [-0.15, -0.1) is 0 Å². The summed E-state index contributed by atoms with van der Waals surface area (Å²) in [5.74, 6) is 0.441. The molecule has 178 valence electrons. The second-order valence-electron chi connectivity index (χ2n) is 9.64. The molecule has 1 nitrogen and oxygen atoms in total. The third-order valence-electron chi connectivity index (χ3n) is 6.59. The second-order valence-corrected chi connectivity index (χ2v) is 9.64. The van der Waals surface area contributed by atoms with Crippen LogP contribution in [0.1, 0.15) is 147 Å². The van der Waals surface area contributed by atoms with Gasteiger partial charge in [0.15, 0.2) is 0 Å². The van der Waals surface area contributed by atoms with Gasteiger partial charge < -0.3 is 0 Å². The quantitative estimate of drug-likeness (QED) is 0.158. The molecule has 0 unspecified atom stereocenters. The van der Waals surface area contributed by atoms with Gasteiger partial charge in [0.1, 0.15) is 5.78 Å². The van der Waals surface area contributed by atoms with Gasteiger partial charge in [-0.25, -0.2) is 0 Å². The number of hydrogen-bond donors (Lipinski definition) is 0. The Morgan fingerprint density at radius 1 is 0.516 bits per heavy atom. The summed E-state index contributed by atoms with van der Waals surface area (Å²) in [4.78, 5) is 12.0. The number of carbonyl (C=O) groups is 1. The molecule has 31 heavy (non-hydrogen) atoms. The van der Waals surface area contributed by atoms with Crippen LogP contribution in [0, 0.1) is 0 Å². The fourth-order valence-corrected chi connectivity index (χ4v) is 4.45. The van der Waals surface area contributed by atoms with E-state index in [0.717, 1.165) is 19.3 Å². The van der Waals surface area contributed by atoms with Crippen molar-refractivity contribution in [3.63, 3.8) is 0 Å². The minimum atomic E-state index is 0.441.